The number of nitrogens with one attached hydrogen (secondary N) is 1. The first-order valence-electron chi connectivity index (χ1n) is 7.87. The Morgan fingerprint density at radius 1 is 1.12 bits per heavy atom. The quantitative estimate of drug-likeness (QED) is 0.821. The molecule has 2 amide bonds. The molecule has 0 fully saturated rings. The third kappa shape index (κ3) is 6.91. The molecular formula is C18H27BrN2O3. The molecule has 0 bridgehead atoms. The van der Waals surface area contributed by atoms with Crippen LogP contribution in [0.3, 0.4) is 0 Å². The predicted molar refractivity (Wildman–Crippen MR) is 99.0 cm³/mol. The van der Waals surface area contributed by atoms with Gasteiger partial charge in [0.25, 0.3) is 0 Å². The number of ether oxygens (including phenoxy) is 1. The molecule has 0 atom stereocenters. The number of halogens is 1. The molecule has 1 N–H and O–H groups in total. The Labute approximate surface area is 152 Å². The lowest BCUT2D eigenvalue weighted by molar-refractivity contribution is -0.122. The highest BCUT2D eigenvalue weighted by atomic mass is 79.9. The topological polar surface area (TPSA) is 58.6 Å². The van der Waals surface area contributed by atoms with Crippen LogP contribution in [0.2, 0.25) is 0 Å². The van der Waals surface area contributed by atoms with Crippen LogP contribution in [0.15, 0.2) is 28.7 Å². The molecule has 0 aromatic heterocycles. The third-order valence-corrected chi connectivity index (χ3v) is 3.97. The maximum Gasteiger partial charge on any atom is 0.410 e. The number of amides is 2. The molecule has 1 rings (SSSR count). The van der Waals surface area contributed by atoms with Crippen molar-refractivity contribution in [3.05, 3.63) is 34.3 Å². The molecule has 0 radical (unpaired) electrons. The highest BCUT2D eigenvalue weighted by Gasteiger charge is 2.24. The van der Waals surface area contributed by atoms with Gasteiger partial charge in [-0.15, -0.1) is 0 Å². The average molecular weight is 399 g/mol. The minimum absolute atomic E-state index is 0.0364. The largest absolute Gasteiger partial charge is 0.444 e. The third-order valence-electron chi connectivity index (χ3n) is 3.44. The van der Waals surface area contributed by atoms with Crippen molar-refractivity contribution < 1.29 is 14.3 Å². The van der Waals surface area contributed by atoms with Gasteiger partial charge in [0.1, 0.15) is 12.1 Å². The van der Waals surface area contributed by atoms with E-state index in [1.54, 1.807) is 27.8 Å². The van der Waals surface area contributed by atoms with Crippen LogP contribution in [-0.4, -0.2) is 42.6 Å². The van der Waals surface area contributed by atoms with Crippen LogP contribution < -0.4 is 5.32 Å². The number of benzene rings is 1. The second-order valence-electron chi connectivity index (χ2n) is 7.50. The maximum absolute atomic E-state index is 12.1. The first-order valence-corrected chi connectivity index (χ1v) is 8.67. The summed E-state index contributed by atoms with van der Waals surface area (Å²) in [7, 11) is 1.55. The van der Waals surface area contributed by atoms with Crippen molar-refractivity contribution in [1.29, 1.82) is 0 Å². The molecule has 0 heterocycles. The second kappa shape index (κ2) is 8.01. The number of likely N-dealkylation sites (N-methyl/N-ethyl adjacent to an activating group) is 1. The fourth-order valence-corrected chi connectivity index (χ4v) is 2.26. The molecule has 1 aromatic carbocycles. The molecule has 6 heteroatoms. The summed E-state index contributed by atoms with van der Waals surface area (Å²) in [5.41, 5.74) is 0.346. The lowest BCUT2D eigenvalue weighted by Gasteiger charge is -2.27. The van der Waals surface area contributed by atoms with Crippen molar-refractivity contribution in [2.45, 2.75) is 45.6 Å². The Balaban J connectivity index is 2.53. The van der Waals surface area contributed by atoms with Crippen LogP contribution in [-0.2, 0) is 14.9 Å². The molecule has 0 spiro atoms. The van der Waals surface area contributed by atoms with Crippen molar-refractivity contribution in [2.24, 2.45) is 0 Å². The van der Waals surface area contributed by atoms with Gasteiger partial charge in [-0.1, -0.05) is 41.9 Å². The lowest BCUT2D eigenvalue weighted by Crippen LogP contribution is -2.44. The van der Waals surface area contributed by atoms with E-state index in [1.807, 2.05) is 24.3 Å². The number of hydrogen-bond donors (Lipinski definition) is 1. The number of carbonyl (C=O) groups excluding carboxylic acids is 2. The van der Waals surface area contributed by atoms with Gasteiger partial charge in [0, 0.05) is 23.5 Å². The molecule has 134 valence electrons. The van der Waals surface area contributed by atoms with Gasteiger partial charge in [0.05, 0.1) is 0 Å². The normalized spacial score (nSPS) is 11.8. The van der Waals surface area contributed by atoms with E-state index in [9.17, 15) is 9.59 Å². The minimum atomic E-state index is -0.578. The Kier molecular flexibility index (Phi) is 6.84. The van der Waals surface area contributed by atoms with Gasteiger partial charge in [-0.2, -0.15) is 0 Å². The molecule has 0 aliphatic carbocycles. The zero-order valence-electron chi connectivity index (χ0n) is 15.3. The zero-order chi connectivity index (χ0) is 18.5. The predicted octanol–water partition coefficient (Wildman–Crippen LogP) is 3.71. The first-order chi connectivity index (χ1) is 10.9. The molecule has 0 unspecified atom stereocenters. The molecular weight excluding hydrogens is 372 g/mol. The van der Waals surface area contributed by atoms with E-state index in [4.69, 9.17) is 4.74 Å². The molecule has 24 heavy (non-hydrogen) atoms. The van der Waals surface area contributed by atoms with Crippen LogP contribution >= 0.6 is 15.9 Å². The van der Waals surface area contributed by atoms with E-state index in [1.165, 1.54) is 4.90 Å². The molecule has 5 nitrogen and oxygen atoms in total. The van der Waals surface area contributed by atoms with Crippen LogP contribution in [0, 0.1) is 0 Å². The minimum Gasteiger partial charge on any atom is -0.444 e. The standard InChI is InChI=1S/C18H27BrN2O3/c1-17(2,3)24-16(23)21(6)11-15(22)20-12-18(4,5)13-7-9-14(19)10-8-13/h7-10H,11-12H2,1-6H3,(H,20,22). The summed E-state index contributed by atoms with van der Waals surface area (Å²) in [5.74, 6) is -0.214. The summed E-state index contributed by atoms with van der Waals surface area (Å²) < 4.78 is 6.25. The van der Waals surface area contributed by atoms with Crippen molar-refractivity contribution in [1.82, 2.24) is 10.2 Å². The van der Waals surface area contributed by atoms with Crippen LogP contribution in [0.5, 0.6) is 0 Å². The van der Waals surface area contributed by atoms with Crippen LogP contribution in [0.4, 0.5) is 4.79 Å². The van der Waals surface area contributed by atoms with E-state index >= 15 is 0 Å². The van der Waals surface area contributed by atoms with Gasteiger partial charge in [0.2, 0.25) is 5.91 Å². The Morgan fingerprint density at radius 2 is 1.67 bits per heavy atom. The van der Waals surface area contributed by atoms with E-state index in [0.29, 0.717) is 6.54 Å². The highest BCUT2D eigenvalue weighted by molar-refractivity contribution is 9.10. The summed E-state index contributed by atoms with van der Waals surface area (Å²) in [5, 5.41) is 2.88. The SMILES string of the molecule is CN(CC(=O)NCC(C)(C)c1ccc(Br)cc1)C(=O)OC(C)(C)C. The van der Waals surface area contributed by atoms with Crippen molar-refractivity contribution in [3.8, 4) is 0 Å². The Hall–Kier alpha value is -1.56. The van der Waals surface area contributed by atoms with E-state index < -0.39 is 11.7 Å². The number of nitrogens with zero attached hydrogens (tertiary/aromatic N) is 1. The van der Waals surface area contributed by atoms with Crippen molar-refractivity contribution in [3.63, 3.8) is 0 Å². The van der Waals surface area contributed by atoms with Gasteiger partial charge >= 0.3 is 6.09 Å². The number of hydrogen-bond acceptors (Lipinski definition) is 3. The van der Waals surface area contributed by atoms with Gasteiger partial charge in [-0.05, 0) is 38.5 Å². The fourth-order valence-electron chi connectivity index (χ4n) is 2.00. The van der Waals surface area contributed by atoms with E-state index in [2.05, 4.69) is 35.1 Å². The van der Waals surface area contributed by atoms with E-state index in [0.717, 1.165) is 10.0 Å². The monoisotopic (exact) mass is 398 g/mol. The van der Waals surface area contributed by atoms with E-state index in [-0.39, 0.29) is 17.9 Å². The molecule has 0 saturated heterocycles. The Morgan fingerprint density at radius 3 is 2.17 bits per heavy atom. The summed E-state index contributed by atoms with van der Waals surface area (Å²) >= 11 is 3.42. The van der Waals surface area contributed by atoms with Gasteiger partial charge in [-0.3, -0.25) is 4.79 Å². The molecule has 1 aromatic rings. The van der Waals surface area contributed by atoms with Crippen LogP contribution in [0.1, 0.15) is 40.2 Å². The number of rotatable bonds is 5. The van der Waals surface area contributed by atoms with Crippen molar-refractivity contribution in [2.75, 3.05) is 20.1 Å². The van der Waals surface area contributed by atoms with Gasteiger partial charge in [0.15, 0.2) is 0 Å². The second-order valence-corrected chi connectivity index (χ2v) is 8.42. The Bertz CT molecular complexity index is 577. The average Bonchev–Trinajstić information content (AvgIpc) is 2.44. The molecule has 0 aliphatic heterocycles. The summed E-state index contributed by atoms with van der Waals surface area (Å²) in [6, 6.07) is 8.02. The summed E-state index contributed by atoms with van der Waals surface area (Å²) in [6.07, 6.45) is -0.509. The summed E-state index contributed by atoms with van der Waals surface area (Å²) in [4.78, 5) is 25.2. The molecule has 0 saturated carbocycles. The van der Waals surface area contributed by atoms with Crippen LogP contribution in [0.25, 0.3) is 0 Å². The van der Waals surface area contributed by atoms with Gasteiger partial charge < -0.3 is 15.0 Å². The van der Waals surface area contributed by atoms with Crippen molar-refractivity contribution >= 4 is 27.9 Å². The fraction of sp³-hybridized carbons (Fsp3) is 0.556. The number of carbonyl (C=O) groups is 2. The molecule has 0 aliphatic rings. The lowest BCUT2D eigenvalue weighted by atomic mass is 9.84. The highest BCUT2D eigenvalue weighted by Crippen LogP contribution is 2.24. The first kappa shape index (κ1) is 20.5. The summed E-state index contributed by atoms with van der Waals surface area (Å²) in [6.45, 7) is 9.95. The smallest absolute Gasteiger partial charge is 0.410 e. The zero-order valence-corrected chi connectivity index (χ0v) is 16.9. The maximum atomic E-state index is 12.1. The van der Waals surface area contributed by atoms with Gasteiger partial charge in [-0.25, -0.2) is 4.79 Å².